The van der Waals surface area contributed by atoms with Crippen molar-refractivity contribution in [3.63, 3.8) is 0 Å². The van der Waals surface area contributed by atoms with Crippen LogP contribution in [0.3, 0.4) is 0 Å². The van der Waals surface area contributed by atoms with Gasteiger partial charge < -0.3 is 9.30 Å². The summed E-state index contributed by atoms with van der Waals surface area (Å²) in [5.74, 6) is 2.43. The van der Waals surface area contributed by atoms with Crippen LogP contribution in [0.5, 0.6) is 5.75 Å². The van der Waals surface area contributed by atoms with Crippen LogP contribution in [0.4, 0.5) is 0 Å². The van der Waals surface area contributed by atoms with Crippen molar-refractivity contribution >= 4 is 17.5 Å². The Hall–Kier alpha value is -2.60. The molecule has 0 fully saturated rings. The molecular weight excluding hydrogens is 358 g/mol. The molecule has 3 rings (SSSR count). The number of ketones is 1. The smallest absolute Gasteiger partial charge is 0.191 e. The van der Waals surface area contributed by atoms with Crippen LogP contribution in [-0.4, -0.2) is 33.4 Å². The fourth-order valence-electron chi connectivity index (χ4n) is 2.70. The van der Waals surface area contributed by atoms with Gasteiger partial charge in [-0.3, -0.25) is 4.79 Å². The van der Waals surface area contributed by atoms with Crippen molar-refractivity contribution in [1.29, 1.82) is 0 Å². The van der Waals surface area contributed by atoms with Crippen LogP contribution in [0.1, 0.15) is 35.7 Å². The number of rotatable bonds is 7. The normalized spacial score (nSPS) is 11.0. The molecule has 140 valence electrons. The molecule has 2 aromatic carbocycles. The zero-order valence-corrected chi connectivity index (χ0v) is 16.8. The number of methoxy groups -OCH3 is 1. The van der Waals surface area contributed by atoms with Crippen LogP contribution in [0.25, 0.3) is 11.4 Å². The molecule has 0 radical (unpaired) electrons. The van der Waals surface area contributed by atoms with Crippen LogP contribution in [0, 0.1) is 0 Å². The molecule has 0 aliphatic rings. The molecule has 1 aromatic heterocycles. The van der Waals surface area contributed by atoms with Gasteiger partial charge in [0.15, 0.2) is 16.8 Å². The topological polar surface area (TPSA) is 57.0 Å². The lowest BCUT2D eigenvalue weighted by Gasteiger charge is -2.07. The zero-order valence-electron chi connectivity index (χ0n) is 16.0. The van der Waals surface area contributed by atoms with Gasteiger partial charge in [-0.15, -0.1) is 10.2 Å². The number of hydrogen-bond donors (Lipinski definition) is 0. The zero-order chi connectivity index (χ0) is 19.4. The van der Waals surface area contributed by atoms with Gasteiger partial charge in [-0.1, -0.05) is 49.9 Å². The van der Waals surface area contributed by atoms with Gasteiger partial charge in [0.2, 0.25) is 0 Å². The summed E-state index contributed by atoms with van der Waals surface area (Å²) >= 11 is 1.40. The van der Waals surface area contributed by atoms with Crippen LogP contribution >= 0.6 is 11.8 Å². The SMILES string of the molecule is COc1ccc(-c2nnc(SCC(=O)c3ccc(C(C)C)cc3)n2C)cc1. The molecule has 0 saturated heterocycles. The Morgan fingerprint density at radius 3 is 2.33 bits per heavy atom. The minimum absolute atomic E-state index is 0.0873. The van der Waals surface area contributed by atoms with E-state index in [4.69, 9.17) is 4.74 Å². The summed E-state index contributed by atoms with van der Waals surface area (Å²) in [6, 6.07) is 15.5. The summed E-state index contributed by atoms with van der Waals surface area (Å²) in [6.45, 7) is 4.28. The summed E-state index contributed by atoms with van der Waals surface area (Å²) in [7, 11) is 3.54. The molecule has 6 heteroatoms. The summed E-state index contributed by atoms with van der Waals surface area (Å²) in [5.41, 5.74) is 2.91. The fourth-order valence-corrected chi connectivity index (χ4v) is 3.50. The highest BCUT2D eigenvalue weighted by Crippen LogP contribution is 2.25. The fraction of sp³-hybridized carbons (Fsp3) is 0.286. The van der Waals surface area contributed by atoms with Crippen LogP contribution in [0.2, 0.25) is 0 Å². The molecule has 0 aliphatic carbocycles. The maximum Gasteiger partial charge on any atom is 0.191 e. The number of aromatic nitrogens is 3. The Balaban J connectivity index is 1.67. The second-order valence-corrected chi connectivity index (χ2v) is 7.52. The number of thioether (sulfide) groups is 1. The molecule has 0 unspecified atom stereocenters. The summed E-state index contributed by atoms with van der Waals surface area (Å²) in [4.78, 5) is 12.5. The van der Waals surface area contributed by atoms with Gasteiger partial charge in [0, 0.05) is 18.2 Å². The Morgan fingerprint density at radius 1 is 1.07 bits per heavy atom. The molecule has 5 nitrogen and oxygen atoms in total. The van der Waals surface area contributed by atoms with E-state index in [1.807, 2.05) is 60.1 Å². The molecule has 0 saturated carbocycles. The molecule has 0 aliphatic heterocycles. The van der Waals surface area contributed by atoms with E-state index >= 15 is 0 Å². The Morgan fingerprint density at radius 2 is 1.74 bits per heavy atom. The first-order valence-corrected chi connectivity index (χ1v) is 9.78. The Bertz CT molecular complexity index is 916. The molecule has 0 bridgehead atoms. The van der Waals surface area contributed by atoms with Crippen LogP contribution in [0.15, 0.2) is 53.7 Å². The van der Waals surface area contributed by atoms with Crippen molar-refractivity contribution < 1.29 is 9.53 Å². The van der Waals surface area contributed by atoms with E-state index in [9.17, 15) is 4.79 Å². The number of hydrogen-bond acceptors (Lipinski definition) is 5. The molecule has 0 amide bonds. The molecule has 3 aromatic rings. The maximum absolute atomic E-state index is 12.5. The Kier molecular flexibility index (Phi) is 5.96. The van der Waals surface area contributed by atoms with Crippen LogP contribution in [-0.2, 0) is 7.05 Å². The summed E-state index contributed by atoms with van der Waals surface area (Å²) in [6.07, 6.45) is 0. The molecule has 0 N–H and O–H groups in total. The van der Waals surface area contributed by atoms with E-state index < -0.39 is 0 Å². The van der Waals surface area contributed by atoms with Crippen LogP contribution < -0.4 is 4.74 Å². The Labute approximate surface area is 163 Å². The third-order valence-electron chi connectivity index (χ3n) is 4.41. The first-order valence-electron chi connectivity index (χ1n) is 8.79. The van der Waals surface area contributed by atoms with Crippen molar-refractivity contribution in [2.45, 2.75) is 24.9 Å². The highest BCUT2D eigenvalue weighted by atomic mass is 32.2. The van der Waals surface area contributed by atoms with Gasteiger partial charge in [-0.25, -0.2) is 0 Å². The van der Waals surface area contributed by atoms with Gasteiger partial charge in [-0.2, -0.15) is 0 Å². The van der Waals surface area contributed by atoms with E-state index in [0.717, 1.165) is 22.7 Å². The number of ether oxygens (including phenoxy) is 1. The number of nitrogens with zero attached hydrogens (tertiary/aromatic N) is 3. The predicted octanol–water partition coefficient (Wildman–Crippen LogP) is 4.59. The van der Waals surface area contributed by atoms with Gasteiger partial charge >= 0.3 is 0 Å². The van der Waals surface area contributed by atoms with E-state index in [1.54, 1.807) is 7.11 Å². The minimum atomic E-state index is 0.0873. The van der Waals surface area contributed by atoms with Crippen molar-refractivity contribution in [2.24, 2.45) is 7.05 Å². The maximum atomic E-state index is 12.5. The standard InChI is InChI=1S/C21H23N3O2S/c1-14(2)15-5-7-16(8-6-15)19(25)13-27-21-23-22-20(24(21)3)17-9-11-18(26-4)12-10-17/h5-12,14H,13H2,1-4H3. The second kappa shape index (κ2) is 8.39. The van der Waals surface area contributed by atoms with Crippen molar-refractivity contribution in [2.75, 3.05) is 12.9 Å². The van der Waals surface area contributed by atoms with Gasteiger partial charge in [-0.05, 0) is 35.7 Å². The highest BCUT2D eigenvalue weighted by Gasteiger charge is 2.14. The van der Waals surface area contributed by atoms with Crippen molar-refractivity contribution in [1.82, 2.24) is 14.8 Å². The lowest BCUT2D eigenvalue weighted by atomic mass is 10.0. The largest absolute Gasteiger partial charge is 0.497 e. The van der Waals surface area contributed by atoms with Gasteiger partial charge in [0.25, 0.3) is 0 Å². The van der Waals surface area contributed by atoms with Crippen molar-refractivity contribution in [3.8, 4) is 17.1 Å². The molecule has 27 heavy (non-hydrogen) atoms. The highest BCUT2D eigenvalue weighted by molar-refractivity contribution is 7.99. The summed E-state index contributed by atoms with van der Waals surface area (Å²) < 4.78 is 7.09. The molecule has 1 heterocycles. The molecule has 0 atom stereocenters. The van der Waals surface area contributed by atoms with E-state index in [-0.39, 0.29) is 5.78 Å². The third kappa shape index (κ3) is 4.39. The second-order valence-electron chi connectivity index (χ2n) is 6.58. The monoisotopic (exact) mass is 381 g/mol. The van der Waals surface area contributed by atoms with Gasteiger partial charge in [0.1, 0.15) is 5.75 Å². The molecule has 0 spiro atoms. The first-order chi connectivity index (χ1) is 13.0. The van der Waals surface area contributed by atoms with E-state index in [2.05, 4.69) is 24.0 Å². The predicted molar refractivity (Wildman–Crippen MR) is 109 cm³/mol. The number of benzene rings is 2. The molecular formula is C21H23N3O2S. The number of carbonyl (C=O) groups excluding carboxylic acids is 1. The lowest BCUT2D eigenvalue weighted by Crippen LogP contribution is -2.04. The van der Waals surface area contributed by atoms with Gasteiger partial charge in [0.05, 0.1) is 12.9 Å². The first kappa shape index (κ1) is 19.2. The average molecular weight is 382 g/mol. The van der Waals surface area contributed by atoms with E-state index in [1.165, 1.54) is 17.3 Å². The lowest BCUT2D eigenvalue weighted by molar-refractivity contribution is 0.102. The van der Waals surface area contributed by atoms with E-state index in [0.29, 0.717) is 16.8 Å². The minimum Gasteiger partial charge on any atom is -0.497 e. The average Bonchev–Trinajstić information content (AvgIpc) is 3.06. The summed E-state index contributed by atoms with van der Waals surface area (Å²) in [5, 5.41) is 9.21. The number of carbonyl (C=O) groups is 1. The third-order valence-corrected chi connectivity index (χ3v) is 5.44. The van der Waals surface area contributed by atoms with Crippen molar-refractivity contribution in [3.05, 3.63) is 59.7 Å². The number of Topliss-reactive ketones (excluding diaryl/α,β-unsaturated/α-hetero) is 1. The quantitative estimate of drug-likeness (QED) is 0.443.